The van der Waals surface area contributed by atoms with Gasteiger partial charge in [-0.2, -0.15) is 0 Å². The minimum absolute atomic E-state index is 0.117. The van der Waals surface area contributed by atoms with Gasteiger partial charge in [0.2, 0.25) is 19.7 Å². The topological polar surface area (TPSA) is 47.0 Å². The maximum absolute atomic E-state index is 14.3. The van der Waals surface area contributed by atoms with Gasteiger partial charge in [-0.15, -0.1) is 11.3 Å². The number of alkyl halides is 1. The Morgan fingerprint density at radius 3 is 2.35 bits per heavy atom. The van der Waals surface area contributed by atoms with Crippen LogP contribution in [0.2, 0.25) is 0 Å². The van der Waals surface area contributed by atoms with Crippen molar-refractivity contribution in [1.29, 1.82) is 0 Å². The SMILES string of the molecule is O=S(=O)(c1nc2ccccc2s1)C(F)c1ccccc1. The molecule has 1 heterocycles. The summed E-state index contributed by atoms with van der Waals surface area (Å²) in [6.45, 7) is 0. The summed E-state index contributed by atoms with van der Waals surface area (Å²) in [5, 5.41) is 0. The van der Waals surface area contributed by atoms with Crippen molar-refractivity contribution in [3.05, 3.63) is 60.2 Å². The van der Waals surface area contributed by atoms with E-state index >= 15 is 0 Å². The summed E-state index contributed by atoms with van der Waals surface area (Å²) in [5.41, 5.74) is -1.41. The standard InChI is InChI=1S/C14H10FNO2S2/c15-13(10-6-2-1-3-7-10)20(17,18)14-16-11-8-4-5-9-12(11)19-14/h1-9,13H. The van der Waals surface area contributed by atoms with Crippen molar-refractivity contribution in [3.8, 4) is 0 Å². The fraction of sp³-hybridized carbons (Fsp3) is 0.0714. The van der Waals surface area contributed by atoms with Gasteiger partial charge in [0, 0.05) is 5.56 Å². The van der Waals surface area contributed by atoms with Gasteiger partial charge < -0.3 is 0 Å². The molecule has 0 radical (unpaired) electrons. The van der Waals surface area contributed by atoms with Crippen molar-refractivity contribution in [2.24, 2.45) is 0 Å². The van der Waals surface area contributed by atoms with Gasteiger partial charge in [0.1, 0.15) is 0 Å². The highest BCUT2D eigenvalue weighted by molar-refractivity contribution is 7.93. The number of hydrogen-bond donors (Lipinski definition) is 0. The van der Waals surface area contributed by atoms with Crippen molar-refractivity contribution in [2.75, 3.05) is 0 Å². The van der Waals surface area contributed by atoms with Crippen molar-refractivity contribution < 1.29 is 12.8 Å². The van der Waals surface area contributed by atoms with E-state index in [4.69, 9.17) is 0 Å². The highest BCUT2D eigenvalue weighted by atomic mass is 32.2. The van der Waals surface area contributed by atoms with Crippen LogP contribution in [0.25, 0.3) is 10.2 Å². The van der Waals surface area contributed by atoms with E-state index in [1.807, 2.05) is 0 Å². The van der Waals surface area contributed by atoms with E-state index in [9.17, 15) is 12.8 Å². The van der Waals surface area contributed by atoms with Crippen molar-refractivity contribution >= 4 is 31.4 Å². The maximum Gasteiger partial charge on any atom is 0.241 e. The van der Waals surface area contributed by atoms with Crippen LogP contribution in [0.15, 0.2) is 58.9 Å². The van der Waals surface area contributed by atoms with Gasteiger partial charge in [0.15, 0.2) is 0 Å². The van der Waals surface area contributed by atoms with Crippen LogP contribution in [0.5, 0.6) is 0 Å². The molecule has 20 heavy (non-hydrogen) atoms. The molecule has 0 amide bonds. The monoisotopic (exact) mass is 307 g/mol. The molecule has 1 atom stereocenters. The molecular weight excluding hydrogens is 297 g/mol. The molecule has 0 saturated heterocycles. The lowest BCUT2D eigenvalue weighted by Crippen LogP contribution is -2.09. The lowest BCUT2D eigenvalue weighted by molar-refractivity contribution is 0.431. The average molecular weight is 307 g/mol. The number of nitrogens with zero attached hydrogens (tertiary/aromatic N) is 1. The second-order valence-electron chi connectivity index (χ2n) is 4.22. The minimum Gasteiger partial charge on any atom is -0.225 e. The van der Waals surface area contributed by atoms with Crippen LogP contribution in [0.1, 0.15) is 11.1 Å². The molecule has 6 heteroatoms. The van der Waals surface area contributed by atoms with Crippen LogP contribution in [0.4, 0.5) is 4.39 Å². The molecule has 0 N–H and O–H groups in total. The van der Waals surface area contributed by atoms with Crippen LogP contribution in [-0.2, 0) is 9.84 Å². The van der Waals surface area contributed by atoms with E-state index in [-0.39, 0.29) is 9.90 Å². The predicted octanol–water partition coefficient (Wildman–Crippen LogP) is 3.74. The van der Waals surface area contributed by atoms with Gasteiger partial charge in [0.25, 0.3) is 0 Å². The van der Waals surface area contributed by atoms with E-state index in [1.54, 1.807) is 42.5 Å². The zero-order valence-electron chi connectivity index (χ0n) is 10.2. The molecule has 1 unspecified atom stereocenters. The van der Waals surface area contributed by atoms with Gasteiger partial charge in [0.05, 0.1) is 10.2 Å². The molecule has 0 aliphatic heterocycles. The van der Waals surface area contributed by atoms with E-state index in [0.717, 1.165) is 16.0 Å². The largest absolute Gasteiger partial charge is 0.241 e. The highest BCUT2D eigenvalue weighted by Gasteiger charge is 2.31. The Morgan fingerprint density at radius 1 is 1.00 bits per heavy atom. The first-order valence-corrected chi connectivity index (χ1v) is 8.24. The minimum atomic E-state index is -4.11. The number of hydrogen-bond acceptors (Lipinski definition) is 4. The number of aromatic nitrogens is 1. The molecule has 0 fully saturated rings. The van der Waals surface area contributed by atoms with Crippen molar-refractivity contribution in [1.82, 2.24) is 4.98 Å². The van der Waals surface area contributed by atoms with Gasteiger partial charge in [-0.3, -0.25) is 0 Å². The summed E-state index contributed by atoms with van der Waals surface area (Å²) in [5.74, 6) is 0. The smallest absolute Gasteiger partial charge is 0.225 e. The summed E-state index contributed by atoms with van der Waals surface area (Å²) in [6.07, 6.45) is 0. The third-order valence-electron chi connectivity index (χ3n) is 2.85. The van der Waals surface area contributed by atoms with Gasteiger partial charge in [-0.05, 0) is 12.1 Å². The molecule has 102 valence electrons. The fourth-order valence-corrected chi connectivity index (χ4v) is 4.45. The van der Waals surface area contributed by atoms with Crippen molar-refractivity contribution in [3.63, 3.8) is 0 Å². The van der Waals surface area contributed by atoms with Crippen molar-refractivity contribution in [2.45, 2.75) is 9.84 Å². The average Bonchev–Trinajstić information content (AvgIpc) is 2.92. The normalized spacial score (nSPS) is 13.4. The summed E-state index contributed by atoms with van der Waals surface area (Å²) < 4.78 is 39.4. The summed E-state index contributed by atoms with van der Waals surface area (Å²) >= 11 is 0.988. The van der Waals surface area contributed by atoms with Crippen LogP contribution < -0.4 is 0 Å². The number of fused-ring (bicyclic) bond motifs is 1. The molecule has 0 spiro atoms. The second kappa shape index (κ2) is 4.96. The molecule has 3 nitrogen and oxygen atoms in total. The van der Waals surface area contributed by atoms with E-state index in [2.05, 4.69) is 4.98 Å². The van der Waals surface area contributed by atoms with Crippen LogP contribution in [0.3, 0.4) is 0 Å². The maximum atomic E-state index is 14.3. The molecule has 3 aromatic rings. The first kappa shape index (κ1) is 13.2. The number of thiazole rings is 1. The molecular formula is C14H10FNO2S2. The highest BCUT2D eigenvalue weighted by Crippen LogP contribution is 2.34. The molecule has 0 aliphatic rings. The van der Waals surface area contributed by atoms with Gasteiger partial charge in [-0.25, -0.2) is 17.8 Å². The van der Waals surface area contributed by atoms with Crippen LogP contribution in [0, 0.1) is 0 Å². The van der Waals surface area contributed by atoms with Gasteiger partial charge >= 0.3 is 0 Å². The quantitative estimate of drug-likeness (QED) is 0.740. The van der Waals surface area contributed by atoms with Crippen LogP contribution in [-0.4, -0.2) is 13.4 Å². The van der Waals surface area contributed by atoms with Gasteiger partial charge in [-0.1, -0.05) is 42.5 Å². The molecule has 0 saturated carbocycles. The third kappa shape index (κ3) is 2.21. The third-order valence-corrected chi connectivity index (χ3v) is 6.02. The molecule has 3 rings (SSSR count). The number of benzene rings is 2. The summed E-state index contributed by atoms with van der Waals surface area (Å²) in [4.78, 5) is 4.02. The Kier molecular flexibility index (Phi) is 3.27. The van der Waals surface area contributed by atoms with E-state index < -0.39 is 15.3 Å². The van der Waals surface area contributed by atoms with E-state index in [1.165, 1.54) is 12.1 Å². The number of sulfone groups is 1. The molecule has 2 aromatic carbocycles. The lowest BCUT2D eigenvalue weighted by atomic mass is 10.2. The number of halogens is 1. The summed E-state index contributed by atoms with van der Waals surface area (Å²) in [6, 6.07) is 14.9. The predicted molar refractivity (Wildman–Crippen MR) is 77.1 cm³/mol. The Balaban J connectivity index is 2.07. The second-order valence-corrected chi connectivity index (χ2v) is 7.40. The Hall–Kier alpha value is -1.79. The first-order valence-electron chi connectivity index (χ1n) is 5.87. The van der Waals surface area contributed by atoms with E-state index in [0.29, 0.717) is 5.52 Å². The Morgan fingerprint density at radius 2 is 1.65 bits per heavy atom. The zero-order valence-corrected chi connectivity index (χ0v) is 11.9. The Bertz CT molecular complexity index is 811. The summed E-state index contributed by atoms with van der Waals surface area (Å²) in [7, 11) is -4.11. The number of rotatable bonds is 3. The molecule has 0 aliphatic carbocycles. The Labute approximate surface area is 119 Å². The van der Waals surface area contributed by atoms with Crippen LogP contribution >= 0.6 is 11.3 Å². The first-order chi connectivity index (χ1) is 9.59. The lowest BCUT2D eigenvalue weighted by Gasteiger charge is -2.07. The zero-order chi connectivity index (χ0) is 14.2. The molecule has 1 aromatic heterocycles. The molecule has 0 bridgehead atoms. The number of para-hydroxylation sites is 1. The fourth-order valence-electron chi connectivity index (χ4n) is 1.84.